The van der Waals surface area contributed by atoms with Crippen LogP contribution < -0.4 is 15.8 Å². The number of ether oxygens (including phenoxy) is 1. The highest BCUT2D eigenvalue weighted by atomic mass is 16.5. The number of anilines is 2. The molecule has 0 radical (unpaired) electrons. The van der Waals surface area contributed by atoms with E-state index < -0.39 is 0 Å². The Morgan fingerprint density at radius 3 is 2.25 bits per heavy atom. The van der Waals surface area contributed by atoms with Crippen LogP contribution in [0.5, 0.6) is 5.75 Å². The molecule has 0 amide bonds. The van der Waals surface area contributed by atoms with E-state index in [9.17, 15) is 0 Å². The first-order valence-corrected chi connectivity index (χ1v) is 8.09. The molecule has 0 fully saturated rings. The monoisotopic (exact) mass is 318 g/mol. The molecule has 122 valence electrons. The number of hydrogen-bond donors (Lipinski definition) is 2. The van der Waals surface area contributed by atoms with Crippen LogP contribution in [0, 0.1) is 0 Å². The summed E-state index contributed by atoms with van der Waals surface area (Å²) in [5.41, 5.74) is 11.1. The van der Waals surface area contributed by atoms with E-state index in [0.29, 0.717) is 6.54 Å². The number of nitrogens with one attached hydrogen (secondary N) is 1. The van der Waals surface area contributed by atoms with Crippen molar-refractivity contribution in [2.24, 2.45) is 5.73 Å². The van der Waals surface area contributed by atoms with Gasteiger partial charge in [-0.3, -0.25) is 0 Å². The molecule has 0 saturated heterocycles. The fourth-order valence-electron chi connectivity index (χ4n) is 2.72. The van der Waals surface area contributed by atoms with Crippen LogP contribution >= 0.6 is 0 Å². The normalized spacial score (nSPS) is 10.4. The van der Waals surface area contributed by atoms with Gasteiger partial charge >= 0.3 is 0 Å². The van der Waals surface area contributed by atoms with Gasteiger partial charge in [0, 0.05) is 16.9 Å². The highest BCUT2D eigenvalue weighted by Gasteiger charge is 2.07. The van der Waals surface area contributed by atoms with Crippen molar-refractivity contribution in [1.82, 2.24) is 0 Å². The molecule has 0 aliphatic heterocycles. The second kappa shape index (κ2) is 7.66. The second-order valence-corrected chi connectivity index (χ2v) is 5.64. The Hall–Kier alpha value is -2.78. The third kappa shape index (κ3) is 3.76. The number of methoxy groups -OCH3 is 1. The van der Waals surface area contributed by atoms with E-state index in [0.717, 1.165) is 34.7 Å². The summed E-state index contributed by atoms with van der Waals surface area (Å²) < 4.78 is 5.51. The summed E-state index contributed by atoms with van der Waals surface area (Å²) >= 11 is 0. The van der Waals surface area contributed by atoms with E-state index in [1.54, 1.807) is 7.11 Å². The van der Waals surface area contributed by atoms with E-state index >= 15 is 0 Å². The van der Waals surface area contributed by atoms with Gasteiger partial charge in [0.1, 0.15) is 5.75 Å². The zero-order valence-electron chi connectivity index (χ0n) is 13.8. The number of rotatable bonds is 6. The number of benzene rings is 3. The molecule has 3 rings (SSSR count). The van der Waals surface area contributed by atoms with Crippen LogP contribution in [0.2, 0.25) is 0 Å². The molecule has 0 atom stereocenters. The van der Waals surface area contributed by atoms with Crippen LogP contribution in [-0.4, -0.2) is 13.7 Å². The zero-order chi connectivity index (χ0) is 16.8. The Morgan fingerprint density at radius 2 is 1.58 bits per heavy atom. The van der Waals surface area contributed by atoms with Gasteiger partial charge in [-0.25, -0.2) is 0 Å². The van der Waals surface area contributed by atoms with Crippen molar-refractivity contribution in [3.8, 4) is 16.9 Å². The second-order valence-electron chi connectivity index (χ2n) is 5.64. The molecule has 0 spiro atoms. The Kier molecular flexibility index (Phi) is 5.14. The molecule has 0 bridgehead atoms. The first-order valence-electron chi connectivity index (χ1n) is 8.09. The molecular formula is C21H22N2O. The van der Waals surface area contributed by atoms with Crippen LogP contribution in [0.3, 0.4) is 0 Å². The molecular weight excluding hydrogens is 296 g/mol. The van der Waals surface area contributed by atoms with Gasteiger partial charge in [-0.1, -0.05) is 42.5 Å². The lowest BCUT2D eigenvalue weighted by Crippen LogP contribution is -2.02. The first-order chi connectivity index (χ1) is 11.8. The van der Waals surface area contributed by atoms with E-state index in [1.807, 2.05) is 30.3 Å². The summed E-state index contributed by atoms with van der Waals surface area (Å²) in [6, 6.07) is 24.8. The quantitative estimate of drug-likeness (QED) is 0.698. The van der Waals surface area contributed by atoms with E-state index in [2.05, 4.69) is 47.8 Å². The predicted molar refractivity (Wildman–Crippen MR) is 101 cm³/mol. The minimum absolute atomic E-state index is 0.672. The third-order valence-electron chi connectivity index (χ3n) is 3.96. The van der Waals surface area contributed by atoms with Crippen molar-refractivity contribution in [3.05, 3.63) is 78.4 Å². The number of hydrogen-bond acceptors (Lipinski definition) is 3. The Bertz CT molecular complexity index is 783. The maximum absolute atomic E-state index is 5.59. The molecule has 24 heavy (non-hydrogen) atoms. The highest BCUT2D eigenvalue weighted by Crippen LogP contribution is 2.33. The van der Waals surface area contributed by atoms with Crippen molar-refractivity contribution < 1.29 is 4.74 Å². The van der Waals surface area contributed by atoms with Crippen molar-refractivity contribution >= 4 is 11.4 Å². The molecule has 0 saturated carbocycles. The van der Waals surface area contributed by atoms with Gasteiger partial charge in [0.25, 0.3) is 0 Å². The largest absolute Gasteiger partial charge is 0.496 e. The SMILES string of the molecule is COc1ccc(Nc2ccc(CCN)cc2)cc1-c1ccccc1. The van der Waals surface area contributed by atoms with Crippen molar-refractivity contribution in [2.45, 2.75) is 6.42 Å². The summed E-state index contributed by atoms with van der Waals surface area (Å²) in [6.45, 7) is 0.672. The fourth-order valence-corrected chi connectivity index (χ4v) is 2.72. The average molecular weight is 318 g/mol. The first kappa shape index (κ1) is 16.1. The maximum atomic E-state index is 5.59. The highest BCUT2D eigenvalue weighted by molar-refractivity contribution is 5.76. The van der Waals surface area contributed by atoms with Gasteiger partial charge in [0.2, 0.25) is 0 Å². The summed E-state index contributed by atoms with van der Waals surface area (Å²) in [6.07, 6.45) is 0.904. The van der Waals surface area contributed by atoms with Crippen LogP contribution in [0.4, 0.5) is 11.4 Å². The molecule has 0 aromatic heterocycles. The van der Waals surface area contributed by atoms with Crippen LogP contribution in [-0.2, 0) is 6.42 Å². The van der Waals surface area contributed by atoms with Gasteiger partial charge in [-0.05, 0) is 54.4 Å². The standard InChI is InChI=1S/C21H22N2O/c1-24-21-12-11-19(15-20(21)17-5-3-2-4-6-17)23-18-9-7-16(8-10-18)13-14-22/h2-12,15,23H,13-14,22H2,1H3. The third-order valence-corrected chi connectivity index (χ3v) is 3.96. The van der Waals surface area contributed by atoms with Gasteiger partial charge in [-0.2, -0.15) is 0 Å². The lowest BCUT2D eigenvalue weighted by molar-refractivity contribution is 0.416. The van der Waals surface area contributed by atoms with Crippen LogP contribution in [0.25, 0.3) is 11.1 Å². The fraction of sp³-hybridized carbons (Fsp3) is 0.143. The smallest absolute Gasteiger partial charge is 0.126 e. The summed E-state index contributed by atoms with van der Waals surface area (Å²) in [4.78, 5) is 0. The minimum Gasteiger partial charge on any atom is -0.496 e. The summed E-state index contributed by atoms with van der Waals surface area (Å²) in [7, 11) is 1.70. The lowest BCUT2D eigenvalue weighted by Gasteiger charge is -2.13. The van der Waals surface area contributed by atoms with Crippen LogP contribution in [0.1, 0.15) is 5.56 Å². The predicted octanol–water partition coefficient (Wildman–Crippen LogP) is 4.61. The average Bonchev–Trinajstić information content (AvgIpc) is 2.64. The molecule has 3 N–H and O–H groups in total. The molecule has 0 aliphatic rings. The van der Waals surface area contributed by atoms with Crippen LogP contribution in [0.15, 0.2) is 72.8 Å². The molecule has 0 heterocycles. The Labute approximate surface area is 143 Å². The van der Waals surface area contributed by atoms with E-state index in [-0.39, 0.29) is 0 Å². The molecule has 0 aliphatic carbocycles. The maximum Gasteiger partial charge on any atom is 0.126 e. The Balaban J connectivity index is 1.86. The number of nitrogens with two attached hydrogens (primary N) is 1. The molecule has 3 nitrogen and oxygen atoms in total. The molecule has 3 aromatic rings. The van der Waals surface area contributed by atoms with Crippen molar-refractivity contribution in [1.29, 1.82) is 0 Å². The van der Waals surface area contributed by atoms with E-state index in [1.165, 1.54) is 5.56 Å². The summed E-state index contributed by atoms with van der Waals surface area (Å²) in [5, 5.41) is 3.45. The lowest BCUT2D eigenvalue weighted by atomic mass is 10.0. The zero-order valence-corrected chi connectivity index (χ0v) is 13.8. The Morgan fingerprint density at radius 1 is 0.875 bits per heavy atom. The summed E-state index contributed by atoms with van der Waals surface area (Å²) in [5.74, 6) is 0.866. The molecule has 3 aromatic carbocycles. The van der Waals surface area contributed by atoms with E-state index in [4.69, 9.17) is 10.5 Å². The van der Waals surface area contributed by atoms with Gasteiger partial charge < -0.3 is 15.8 Å². The van der Waals surface area contributed by atoms with Gasteiger partial charge in [0.15, 0.2) is 0 Å². The molecule has 3 heteroatoms. The molecule has 0 unspecified atom stereocenters. The van der Waals surface area contributed by atoms with Crippen molar-refractivity contribution in [2.75, 3.05) is 19.0 Å². The van der Waals surface area contributed by atoms with Crippen molar-refractivity contribution in [3.63, 3.8) is 0 Å². The minimum atomic E-state index is 0.672. The van der Waals surface area contributed by atoms with Gasteiger partial charge in [-0.15, -0.1) is 0 Å². The van der Waals surface area contributed by atoms with Gasteiger partial charge in [0.05, 0.1) is 7.11 Å². The topological polar surface area (TPSA) is 47.3 Å².